The van der Waals surface area contributed by atoms with Gasteiger partial charge in [0.15, 0.2) is 12.4 Å². The molecule has 7 nitrogen and oxygen atoms in total. The van der Waals surface area contributed by atoms with E-state index in [-0.39, 0.29) is 12.6 Å². The van der Waals surface area contributed by atoms with Crippen LogP contribution in [0.5, 0.6) is 5.75 Å². The summed E-state index contributed by atoms with van der Waals surface area (Å²) in [6, 6.07) is 6.78. The third-order valence-corrected chi connectivity index (χ3v) is 5.44. The Bertz CT molecular complexity index is 988. The Labute approximate surface area is 180 Å². The normalized spacial score (nSPS) is 10.9. The van der Waals surface area contributed by atoms with Crippen LogP contribution in [0.2, 0.25) is 10.0 Å². The topological polar surface area (TPSA) is 65.2 Å². The number of carbonyl (C=O) groups is 1. The average molecular weight is 487 g/mol. The van der Waals surface area contributed by atoms with E-state index in [2.05, 4.69) is 26.1 Å². The molecule has 0 N–H and O–H groups in total. The van der Waals surface area contributed by atoms with E-state index < -0.39 is 0 Å². The third kappa shape index (κ3) is 4.68. The highest BCUT2D eigenvalue weighted by molar-refractivity contribution is 9.10. The summed E-state index contributed by atoms with van der Waals surface area (Å²) in [7, 11) is 1.71. The largest absolute Gasteiger partial charge is 0.470 e. The maximum atomic E-state index is 12.6. The molecule has 0 spiro atoms. The molecule has 2 aromatic heterocycles. The van der Waals surface area contributed by atoms with Gasteiger partial charge in [-0.15, -0.1) is 0 Å². The van der Waals surface area contributed by atoms with Crippen LogP contribution in [0, 0.1) is 0 Å². The number of benzene rings is 1. The van der Waals surface area contributed by atoms with Crippen molar-refractivity contribution in [2.75, 3.05) is 7.05 Å². The highest BCUT2D eigenvalue weighted by Gasteiger charge is 2.18. The van der Waals surface area contributed by atoms with Crippen molar-refractivity contribution in [1.29, 1.82) is 0 Å². The maximum absolute atomic E-state index is 12.6. The van der Waals surface area contributed by atoms with Crippen LogP contribution in [0.4, 0.5) is 0 Å². The van der Waals surface area contributed by atoms with Crippen molar-refractivity contribution in [3.63, 3.8) is 0 Å². The smallest absolute Gasteiger partial charge is 0.274 e. The van der Waals surface area contributed by atoms with Crippen LogP contribution < -0.4 is 4.74 Å². The van der Waals surface area contributed by atoms with Crippen molar-refractivity contribution in [1.82, 2.24) is 24.5 Å². The summed E-state index contributed by atoms with van der Waals surface area (Å²) < 4.78 is 9.82. The molecule has 148 valence electrons. The number of aryl methyl sites for hydroxylation is 1. The van der Waals surface area contributed by atoms with Crippen LogP contribution >= 0.6 is 39.1 Å². The van der Waals surface area contributed by atoms with Crippen LogP contribution in [-0.4, -0.2) is 37.4 Å². The second-order valence-electron chi connectivity index (χ2n) is 6.01. The molecule has 0 radical (unpaired) electrons. The van der Waals surface area contributed by atoms with Crippen LogP contribution in [0.25, 0.3) is 0 Å². The van der Waals surface area contributed by atoms with E-state index in [0.717, 1.165) is 16.7 Å². The summed E-state index contributed by atoms with van der Waals surface area (Å²) in [6.45, 7) is 3.23. The SMILES string of the molecule is CCn1cc(Br)c(CN(C)C(=O)c2ccn(COc3cccc(Cl)c3Cl)n2)n1. The highest BCUT2D eigenvalue weighted by Crippen LogP contribution is 2.31. The second kappa shape index (κ2) is 8.98. The van der Waals surface area contributed by atoms with Crippen molar-refractivity contribution in [3.8, 4) is 5.75 Å². The number of amides is 1. The summed E-state index contributed by atoms with van der Waals surface area (Å²) in [5.41, 5.74) is 1.10. The Morgan fingerprint density at radius 3 is 2.75 bits per heavy atom. The zero-order chi connectivity index (χ0) is 20.3. The molecular formula is C18H18BrCl2N5O2. The standard InChI is InChI=1S/C18H18BrCl2N5O2/c1-3-25-9-12(19)15(23-25)10-24(2)18(27)14-7-8-26(22-14)11-28-16-6-4-5-13(20)17(16)21/h4-9H,3,10-11H2,1-2H3. The molecule has 0 fully saturated rings. The van der Waals surface area contributed by atoms with Crippen molar-refractivity contribution < 1.29 is 9.53 Å². The number of hydrogen-bond donors (Lipinski definition) is 0. The molecular weight excluding hydrogens is 469 g/mol. The van der Waals surface area contributed by atoms with Gasteiger partial charge in [-0.3, -0.25) is 9.48 Å². The highest BCUT2D eigenvalue weighted by atomic mass is 79.9. The Hall–Kier alpha value is -2.03. The molecule has 0 aliphatic carbocycles. The van der Waals surface area contributed by atoms with Crippen LogP contribution in [-0.2, 0) is 19.8 Å². The number of halogens is 3. The van der Waals surface area contributed by atoms with Gasteiger partial charge in [0, 0.05) is 26.0 Å². The predicted molar refractivity (Wildman–Crippen MR) is 111 cm³/mol. The molecule has 0 saturated carbocycles. The van der Waals surface area contributed by atoms with E-state index in [1.165, 1.54) is 4.68 Å². The van der Waals surface area contributed by atoms with E-state index in [9.17, 15) is 4.79 Å². The van der Waals surface area contributed by atoms with Crippen molar-refractivity contribution in [2.24, 2.45) is 0 Å². The predicted octanol–water partition coefficient (Wildman–Crippen LogP) is 4.48. The minimum atomic E-state index is -0.211. The van der Waals surface area contributed by atoms with Gasteiger partial charge >= 0.3 is 0 Å². The molecule has 0 aliphatic rings. The monoisotopic (exact) mass is 485 g/mol. The third-order valence-electron chi connectivity index (χ3n) is 3.97. The first-order valence-electron chi connectivity index (χ1n) is 8.46. The molecule has 0 atom stereocenters. The van der Waals surface area contributed by atoms with E-state index >= 15 is 0 Å². The summed E-state index contributed by atoms with van der Waals surface area (Å²) in [6.07, 6.45) is 3.56. The Kier molecular flexibility index (Phi) is 6.64. The number of hydrogen-bond acceptors (Lipinski definition) is 4. The first-order valence-corrected chi connectivity index (χ1v) is 10.0. The van der Waals surface area contributed by atoms with E-state index in [1.54, 1.807) is 42.4 Å². The lowest BCUT2D eigenvalue weighted by molar-refractivity contribution is 0.0775. The molecule has 3 aromatic rings. The number of carbonyl (C=O) groups excluding carboxylic acids is 1. The van der Waals surface area contributed by atoms with Crippen LogP contribution in [0.3, 0.4) is 0 Å². The Morgan fingerprint density at radius 1 is 1.25 bits per heavy atom. The molecule has 0 aliphatic heterocycles. The Morgan fingerprint density at radius 2 is 2.04 bits per heavy atom. The lowest BCUT2D eigenvalue weighted by Crippen LogP contribution is -2.27. The van der Waals surface area contributed by atoms with Crippen LogP contribution in [0.15, 0.2) is 41.1 Å². The summed E-state index contributed by atoms with van der Waals surface area (Å²) in [4.78, 5) is 14.2. The van der Waals surface area contributed by atoms with Gasteiger partial charge in [-0.1, -0.05) is 29.3 Å². The fraction of sp³-hybridized carbons (Fsp3) is 0.278. The molecule has 28 heavy (non-hydrogen) atoms. The lowest BCUT2D eigenvalue weighted by Gasteiger charge is -2.14. The van der Waals surface area contributed by atoms with Gasteiger partial charge in [0.2, 0.25) is 0 Å². The van der Waals surface area contributed by atoms with E-state index in [1.807, 2.05) is 17.8 Å². The van der Waals surface area contributed by atoms with Gasteiger partial charge in [0.1, 0.15) is 10.8 Å². The zero-order valence-electron chi connectivity index (χ0n) is 15.3. The minimum absolute atomic E-state index is 0.101. The molecule has 1 amide bonds. The van der Waals surface area contributed by atoms with E-state index in [0.29, 0.717) is 28.0 Å². The van der Waals surface area contributed by atoms with Gasteiger partial charge in [-0.25, -0.2) is 4.68 Å². The maximum Gasteiger partial charge on any atom is 0.274 e. The van der Waals surface area contributed by atoms with Crippen LogP contribution in [0.1, 0.15) is 23.1 Å². The van der Waals surface area contributed by atoms with Crippen molar-refractivity contribution in [3.05, 3.63) is 62.6 Å². The van der Waals surface area contributed by atoms with Gasteiger partial charge in [-0.05, 0) is 41.1 Å². The molecule has 0 unspecified atom stereocenters. The first kappa shape index (κ1) is 20.7. The van der Waals surface area contributed by atoms with E-state index in [4.69, 9.17) is 27.9 Å². The number of ether oxygens (including phenoxy) is 1. The van der Waals surface area contributed by atoms with Gasteiger partial charge in [0.05, 0.1) is 21.7 Å². The zero-order valence-corrected chi connectivity index (χ0v) is 18.4. The molecule has 10 heteroatoms. The van der Waals surface area contributed by atoms with Gasteiger partial charge < -0.3 is 9.64 Å². The summed E-state index contributed by atoms with van der Waals surface area (Å²) >= 11 is 15.5. The molecule has 2 heterocycles. The lowest BCUT2D eigenvalue weighted by atomic mass is 10.3. The average Bonchev–Trinajstić information content (AvgIpc) is 3.29. The molecule has 0 saturated heterocycles. The first-order chi connectivity index (χ1) is 13.4. The second-order valence-corrected chi connectivity index (χ2v) is 7.65. The number of rotatable bonds is 7. The number of nitrogens with zero attached hydrogens (tertiary/aromatic N) is 5. The van der Waals surface area contributed by atoms with Crippen molar-refractivity contribution in [2.45, 2.75) is 26.7 Å². The minimum Gasteiger partial charge on any atom is -0.470 e. The van der Waals surface area contributed by atoms with Gasteiger partial charge in [0.25, 0.3) is 5.91 Å². The number of aromatic nitrogens is 4. The quantitative estimate of drug-likeness (QED) is 0.494. The summed E-state index contributed by atoms with van der Waals surface area (Å²) in [5.74, 6) is 0.239. The fourth-order valence-corrected chi connectivity index (χ4v) is 3.26. The summed E-state index contributed by atoms with van der Waals surface area (Å²) in [5, 5.41) is 9.45. The van der Waals surface area contributed by atoms with Gasteiger partial charge in [-0.2, -0.15) is 10.2 Å². The molecule has 0 bridgehead atoms. The fourth-order valence-electron chi connectivity index (χ4n) is 2.48. The Balaban J connectivity index is 1.63. The molecule has 3 rings (SSSR count). The van der Waals surface area contributed by atoms with Crippen molar-refractivity contribution >= 4 is 45.0 Å². The molecule has 1 aromatic carbocycles.